The fourth-order valence-electron chi connectivity index (χ4n) is 1.52. The lowest BCUT2D eigenvalue weighted by atomic mass is 10.2. The van der Waals surface area contributed by atoms with Crippen LogP contribution in [0.5, 0.6) is 0 Å². The zero-order valence-electron chi connectivity index (χ0n) is 9.58. The molecule has 1 N–H and O–H groups in total. The van der Waals surface area contributed by atoms with E-state index in [1.807, 2.05) is 0 Å². The lowest BCUT2D eigenvalue weighted by molar-refractivity contribution is 0.102. The van der Waals surface area contributed by atoms with Gasteiger partial charge in [0.15, 0.2) is 0 Å². The molecular weight excluding hydrogens is 255 g/mol. The van der Waals surface area contributed by atoms with E-state index >= 15 is 0 Å². The number of aryl methyl sites for hydroxylation is 1. The average Bonchev–Trinajstić information content (AvgIpc) is 2.28. The number of carbonyl (C=O) groups excluding carboxylic acids is 1. The van der Waals surface area contributed by atoms with E-state index in [0.717, 1.165) is 5.56 Å². The summed E-state index contributed by atoms with van der Waals surface area (Å²) in [6, 6.07) is 7.40. The minimum atomic E-state index is -0.389. The van der Waals surface area contributed by atoms with Gasteiger partial charge < -0.3 is 5.32 Å². The third-order valence-electron chi connectivity index (χ3n) is 2.29. The number of halogens is 2. The first-order valence-corrected chi connectivity index (χ1v) is 5.62. The molecule has 0 aliphatic heterocycles. The number of benzene rings is 1. The maximum atomic E-state index is 13.2. The Bertz CT molecular complexity index is 564. The van der Waals surface area contributed by atoms with Gasteiger partial charge in [0.1, 0.15) is 11.0 Å². The van der Waals surface area contributed by atoms with E-state index in [4.69, 9.17) is 11.6 Å². The van der Waals surface area contributed by atoms with E-state index in [2.05, 4.69) is 10.3 Å². The number of nitrogens with one attached hydrogen (secondary N) is 1. The molecule has 2 aromatic rings. The number of carbonyl (C=O) groups is 1. The van der Waals surface area contributed by atoms with Gasteiger partial charge in [-0.3, -0.25) is 4.79 Å². The Hall–Kier alpha value is -1.94. The van der Waals surface area contributed by atoms with Crippen molar-refractivity contribution in [3.05, 3.63) is 58.6 Å². The lowest BCUT2D eigenvalue weighted by Crippen LogP contribution is -2.12. The molecule has 0 saturated heterocycles. The van der Waals surface area contributed by atoms with Crippen LogP contribution >= 0.6 is 11.6 Å². The number of pyridine rings is 1. The van der Waals surface area contributed by atoms with Crippen molar-refractivity contribution in [2.45, 2.75) is 6.92 Å². The summed E-state index contributed by atoms with van der Waals surface area (Å²) >= 11 is 5.63. The van der Waals surface area contributed by atoms with Gasteiger partial charge in [-0.1, -0.05) is 11.6 Å². The van der Waals surface area contributed by atoms with Crippen LogP contribution in [0.15, 0.2) is 36.5 Å². The van der Waals surface area contributed by atoms with Crippen molar-refractivity contribution in [3.63, 3.8) is 0 Å². The van der Waals surface area contributed by atoms with Crippen LogP contribution in [0.2, 0.25) is 5.15 Å². The monoisotopic (exact) mass is 264 g/mol. The van der Waals surface area contributed by atoms with E-state index in [0.29, 0.717) is 16.4 Å². The molecule has 0 radical (unpaired) electrons. The van der Waals surface area contributed by atoms with Crippen molar-refractivity contribution < 1.29 is 9.18 Å². The van der Waals surface area contributed by atoms with E-state index in [9.17, 15) is 9.18 Å². The first kappa shape index (κ1) is 12.5. The molecule has 0 fully saturated rings. The van der Waals surface area contributed by atoms with Gasteiger partial charge in [0.25, 0.3) is 5.91 Å². The Kier molecular flexibility index (Phi) is 3.58. The first-order chi connectivity index (χ1) is 8.54. The molecule has 0 aliphatic carbocycles. The number of anilines is 1. The smallest absolute Gasteiger partial charge is 0.257 e. The van der Waals surface area contributed by atoms with Crippen molar-refractivity contribution in [2.24, 2.45) is 0 Å². The summed E-state index contributed by atoms with van der Waals surface area (Å²) in [5.74, 6) is -0.747. The predicted molar refractivity (Wildman–Crippen MR) is 68.3 cm³/mol. The Labute approximate surface area is 109 Å². The highest BCUT2D eigenvalue weighted by Crippen LogP contribution is 2.14. The molecular formula is C13H10ClFN2O. The molecule has 0 unspecified atom stereocenters. The zero-order chi connectivity index (χ0) is 13.1. The number of hydrogen-bond donors (Lipinski definition) is 1. The normalized spacial score (nSPS) is 10.2. The van der Waals surface area contributed by atoms with Gasteiger partial charge in [0.05, 0.1) is 5.56 Å². The Morgan fingerprint density at radius 2 is 2.11 bits per heavy atom. The minimum absolute atomic E-state index is 0.313. The van der Waals surface area contributed by atoms with Crippen molar-refractivity contribution in [1.29, 1.82) is 0 Å². The highest BCUT2D eigenvalue weighted by Gasteiger charge is 2.07. The zero-order valence-corrected chi connectivity index (χ0v) is 10.3. The molecule has 0 spiro atoms. The van der Waals surface area contributed by atoms with Crippen LogP contribution in [-0.4, -0.2) is 10.9 Å². The molecule has 0 bridgehead atoms. The maximum absolute atomic E-state index is 13.2. The summed E-state index contributed by atoms with van der Waals surface area (Å²) in [7, 11) is 0. The largest absolute Gasteiger partial charge is 0.322 e. The summed E-state index contributed by atoms with van der Waals surface area (Å²) in [6.45, 7) is 1.75. The Morgan fingerprint density at radius 1 is 1.33 bits per heavy atom. The van der Waals surface area contributed by atoms with Crippen molar-refractivity contribution in [3.8, 4) is 0 Å². The average molecular weight is 265 g/mol. The van der Waals surface area contributed by atoms with E-state index in [1.165, 1.54) is 24.4 Å². The first-order valence-electron chi connectivity index (χ1n) is 5.25. The molecule has 3 nitrogen and oxygen atoms in total. The Morgan fingerprint density at radius 3 is 2.72 bits per heavy atom. The molecule has 1 heterocycles. The quantitative estimate of drug-likeness (QED) is 0.845. The van der Waals surface area contributed by atoms with Crippen LogP contribution in [0.3, 0.4) is 0 Å². The van der Waals surface area contributed by atoms with E-state index < -0.39 is 0 Å². The second-order valence-electron chi connectivity index (χ2n) is 3.84. The number of amides is 1. The lowest BCUT2D eigenvalue weighted by Gasteiger charge is -2.06. The predicted octanol–water partition coefficient (Wildman–Crippen LogP) is 3.43. The highest BCUT2D eigenvalue weighted by atomic mass is 35.5. The fourth-order valence-corrected chi connectivity index (χ4v) is 1.63. The maximum Gasteiger partial charge on any atom is 0.257 e. The number of nitrogens with zero attached hydrogens (tertiary/aromatic N) is 1. The van der Waals surface area contributed by atoms with Crippen LogP contribution in [0.25, 0.3) is 0 Å². The summed E-state index contributed by atoms with van der Waals surface area (Å²) in [5.41, 5.74) is 1.51. The highest BCUT2D eigenvalue weighted by molar-refractivity contribution is 6.29. The van der Waals surface area contributed by atoms with Crippen LogP contribution in [0.1, 0.15) is 15.9 Å². The third kappa shape index (κ3) is 3.05. The number of hydrogen-bond acceptors (Lipinski definition) is 2. The minimum Gasteiger partial charge on any atom is -0.322 e. The van der Waals surface area contributed by atoms with E-state index in [-0.39, 0.29) is 11.7 Å². The number of aromatic nitrogens is 1. The van der Waals surface area contributed by atoms with Crippen LogP contribution < -0.4 is 5.32 Å². The second kappa shape index (κ2) is 5.14. The summed E-state index contributed by atoms with van der Waals surface area (Å²) in [6.07, 6.45) is 1.36. The SMILES string of the molecule is Cc1cc(F)cc(NC(=O)c2ccc(Cl)nc2)c1. The van der Waals surface area contributed by atoms with Gasteiger partial charge in [-0.2, -0.15) is 0 Å². The molecule has 0 saturated carbocycles. The standard InChI is InChI=1S/C13H10ClFN2O/c1-8-4-10(15)6-11(5-8)17-13(18)9-2-3-12(14)16-7-9/h2-7H,1H3,(H,17,18). The molecule has 2 rings (SSSR count). The molecule has 92 valence electrons. The van der Waals surface area contributed by atoms with Crippen LogP contribution in [-0.2, 0) is 0 Å². The fraction of sp³-hybridized carbons (Fsp3) is 0.0769. The van der Waals surface area contributed by atoms with Crippen molar-refractivity contribution in [1.82, 2.24) is 4.98 Å². The van der Waals surface area contributed by atoms with Crippen molar-refractivity contribution in [2.75, 3.05) is 5.32 Å². The van der Waals surface area contributed by atoms with Gasteiger partial charge in [0.2, 0.25) is 0 Å². The van der Waals surface area contributed by atoms with Gasteiger partial charge >= 0.3 is 0 Å². The molecule has 1 aromatic heterocycles. The van der Waals surface area contributed by atoms with Gasteiger partial charge in [-0.25, -0.2) is 9.37 Å². The second-order valence-corrected chi connectivity index (χ2v) is 4.23. The third-order valence-corrected chi connectivity index (χ3v) is 2.51. The molecule has 1 amide bonds. The summed E-state index contributed by atoms with van der Waals surface area (Å²) in [4.78, 5) is 15.6. The van der Waals surface area contributed by atoms with Gasteiger partial charge in [0, 0.05) is 11.9 Å². The molecule has 1 aromatic carbocycles. The topological polar surface area (TPSA) is 42.0 Å². The molecule has 18 heavy (non-hydrogen) atoms. The van der Waals surface area contributed by atoms with E-state index in [1.54, 1.807) is 19.1 Å². The summed E-state index contributed by atoms with van der Waals surface area (Å²) in [5, 5.41) is 2.91. The molecule has 0 atom stereocenters. The molecule has 5 heteroatoms. The Balaban J connectivity index is 2.18. The van der Waals surface area contributed by atoms with Crippen molar-refractivity contribution >= 4 is 23.2 Å². The van der Waals surface area contributed by atoms with Gasteiger partial charge in [-0.05, 0) is 42.8 Å². The number of rotatable bonds is 2. The molecule has 0 aliphatic rings. The van der Waals surface area contributed by atoms with Crippen LogP contribution in [0.4, 0.5) is 10.1 Å². The van der Waals surface area contributed by atoms with Gasteiger partial charge in [-0.15, -0.1) is 0 Å². The summed E-state index contributed by atoms with van der Waals surface area (Å²) < 4.78 is 13.2. The van der Waals surface area contributed by atoms with Crippen LogP contribution in [0, 0.1) is 12.7 Å².